The van der Waals surface area contributed by atoms with Crippen LogP contribution in [0.5, 0.6) is 5.75 Å². The number of benzene rings is 1. The number of thioether (sulfide) groups is 1. The zero-order valence-electron chi connectivity index (χ0n) is 14.1. The van der Waals surface area contributed by atoms with Crippen molar-refractivity contribution >= 4 is 23.4 Å². The highest BCUT2D eigenvalue weighted by Gasteiger charge is 2.30. The van der Waals surface area contributed by atoms with E-state index in [1.165, 1.54) is 11.8 Å². The number of hydrogen-bond donors (Lipinski definition) is 0. The van der Waals surface area contributed by atoms with Crippen LogP contribution in [0, 0.1) is 28.6 Å². The number of rotatable bonds is 9. The number of nitrogens with zero attached hydrogens (tertiary/aromatic N) is 5. The second-order valence-electron chi connectivity index (χ2n) is 6.05. The van der Waals surface area contributed by atoms with Crippen LogP contribution in [-0.2, 0) is 6.61 Å². The summed E-state index contributed by atoms with van der Waals surface area (Å²) in [6.07, 6.45) is 3.17. The lowest BCUT2D eigenvalue weighted by atomic mass is 10.1. The maximum absolute atomic E-state index is 9.21. The predicted molar refractivity (Wildman–Crippen MR) is 98.8 cm³/mol. The van der Waals surface area contributed by atoms with E-state index in [-0.39, 0.29) is 5.92 Å². The van der Waals surface area contributed by atoms with Crippen molar-refractivity contribution in [1.29, 1.82) is 10.5 Å². The zero-order chi connectivity index (χ0) is 18.4. The van der Waals surface area contributed by atoms with E-state index in [0.717, 1.165) is 23.8 Å². The molecule has 1 aromatic carbocycles. The second-order valence-corrected chi connectivity index (χ2v) is 7.45. The highest BCUT2D eigenvalue weighted by atomic mass is 35.5. The van der Waals surface area contributed by atoms with Gasteiger partial charge in [0.25, 0.3) is 0 Å². The van der Waals surface area contributed by atoms with Gasteiger partial charge < -0.3 is 9.30 Å². The van der Waals surface area contributed by atoms with Crippen LogP contribution in [0.4, 0.5) is 0 Å². The minimum atomic E-state index is -0.160. The van der Waals surface area contributed by atoms with Gasteiger partial charge in [-0.3, -0.25) is 0 Å². The lowest BCUT2D eigenvalue weighted by Gasteiger charge is -2.11. The molecule has 0 unspecified atom stereocenters. The van der Waals surface area contributed by atoms with Gasteiger partial charge in [0, 0.05) is 18.2 Å². The van der Waals surface area contributed by atoms with Crippen molar-refractivity contribution in [2.75, 3.05) is 5.75 Å². The third kappa shape index (κ3) is 4.69. The van der Waals surface area contributed by atoms with Gasteiger partial charge in [0.05, 0.1) is 23.1 Å². The third-order valence-electron chi connectivity index (χ3n) is 4.04. The van der Waals surface area contributed by atoms with E-state index >= 15 is 0 Å². The van der Waals surface area contributed by atoms with Crippen LogP contribution in [0.1, 0.15) is 37.5 Å². The van der Waals surface area contributed by atoms with E-state index in [1.807, 2.05) is 18.2 Å². The number of ether oxygens (including phenoxy) is 1. The molecular weight excluding hydrogens is 370 g/mol. The highest BCUT2D eigenvalue weighted by Crippen LogP contribution is 2.39. The van der Waals surface area contributed by atoms with Gasteiger partial charge in [-0.05, 0) is 31.4 Å². The molecule has 1 heterocycles. The number of para-hydroxylation sites is 1. The SMILES string of the molecule is N#CCC[C@H](C#N)CSc1nnc(COc2ccccc2Cl)n1C1CC1. The van der Waals surface area contributed by atoms with E-state index in [2.05, 4.69) is 26.9 Å². The van der Waals surface area contributed by atoms with Crippen molar-refractivity contribution in [3.05, 3.63) is 35.1 Å². The molecular formula is C18H18ClN5OS. The molecule has 1 atom stereocenters. The van der Waals surface area contributed by atoms with Gasteiger partial charge in [-0.25, -0.2) is 0 Å². The molecule has 0 bridgehead atoms. The first-order chi connectivity index (χ1) is 12.7. The summed E-state index contributed by atoms with van der Waals surface area (Å²) in [6, 6.07) is 12.1. The van der Waals surface area contributed by atoms with Crippen molar-refractivity contribution < 1.29 is 4.74 Å². The summed E-state index contributed by atoms with van der Waals surface area (Å²) in [5.41, 5.74) is 0. The van der Waals surface area contributed by atoms with Gasteiger partial charge in [0.2, 0.25) is 0 Å². The average Bonchev–Trinajstić information content (AvgIpc) is 3.42. The first-order valence-corrected chi connectivity index (χ1v) is 9.79. The Labute approximate surface area is 161 Å². The minimum Gasteiger partial charge on any atom is -0.484 e. The molecule has 0 spiro atoms. The van der Waals surface area contributed by atoms with Crippen LogP contribution < -0.4 is 4.74 Å². The summed E-state index contributed by atoms with van der Waals surface area (Å²) < 4.78 is 7.91. The van der Waals surface area contributed by atoms with Crippen LogP contribution in [0.2, 0.25) is 5.02 Å². The summed E-state index contributed by atoms with van der Waals surface area (Å²) in [5, 5.41) is 27.8. The van der Waals surface area contributed by atoms with E-state index in [0.29, 0.717) is 42.0 Å². The van der Waals surface area contributed by atoms with Crippen molar-refractivity contribution in [2.45, 2.75) is 43.5 Å². The van der Waals surface area contributed by atoms with Gasteiger partial charge in [-0.15, -0.1) is 10.2 Å². The molecule has 0 saturated heterocycles. The summed E-state index contributed by atoms with van der Waals surface area (Å²) in [4.78, 5) is 0. The van der Waals surface area contributed by atoms with Gasteiger partial charge in [-0.2, -0.15) is 10.5 Å². The number of halogens is 1. The maximum atomic E-state index is 9.21. The number of aromatic nitrogens is 3. The Balaban J connectivity index is 1.66. The van der Waals surface area contributed by atoms with Crippen LogP contribution in [0.3, 0.4) is 0 Å². The molecule has 8 heteroatoms. The van der Waals surface area contributed by atoms with Crippen molar-refractivity contribution in [1.82, 2.24) is 14.8 Å². The topological polar surface area (TPSA) is 87.5 Å². The van der Waals surface area contributed by atoms with Crippen LogP contribution in [-0.4, -0.2) is 20.5 Å². The minimum absolute atomic E-state index is 0.160. The molecule has 1 aliphatic carbocycles. The molecule has 2 aromatic rings. The van der Waals surface area contributed by atoms with Gasteiger partial charge in [-0.1, -0.05) is 35.5 Å². The first-order valence-electron chi connectivity index (χ1n) is 8.43. The predicted octanol–water partition coefficient (Wildman–Crippen LogP) is 4.38. The lowest BCUT2D eigenvalue weighted by Crippen LogP contribution is -2.08. The lowest BCUT2D eigenvalue weighted by molar-refractivity contribution is 0.288. The van der Waals surface area contributed by atoms with Gasteiger partial charge >= 0.3 is 0 Å². The Hall–Kier alpha value is -2.22. The van der Waals surface area contributed by atoms with E-state index in [9.17, 15) is 5.26 Å². The monoisotopic (exact) mass is 387 g/mol. The van der Waals surface area contributed by atoms with Gasteiger partial charge in [0.15, 0.2) is 11.0 Å². The van der Waals surface area contributed by atoms with Crippen molar-refractivity contribution in [3.8, 4) is 17.9 Å². The fourth-order valence-corrected chi connectivity index (χ4v) is 3.78. The molecule has 0 aliphatic heterocycles. The Morgan fingerprint density at radius 1 is 1.31 bits per heavy atom. The summed E-state index contributed by atoms with van der Waals surface area (Å²) in [7, 11) is 0. The summed E-state index contributed by atoms with van der Waals surface area (Å²) in [5.74, 6) is 1.83. The molecule has 134 valence electrons. The number of hydrogen-bond acceptors (Lipinski definition) is 6. The van der Waals surface area contributed by atoms with Crippen LogP contribution in [0.15, 0.2) is 29.4 Å². The fourth-order valence-electron chi connectivity index (χ4n) is 2.51. The van der Waals surface area contributed by atoms with E-state index < -0.39 is 0 Å². The van der Waals surface area contributed by atoms with Crippen molar-refractivity contribution in [2.24, 2.45) is 5.92 Å². The molecule has 26 heavy (non-hydrogen) atoms. The third-order valence-corrected chi connectivity index (χ3v) is 5.46. The van der Waals surface area contributed by atoms with Crippen molar-refractivity contribution in [3.63, 3.8) is 0 Å². The Bertz CT molecular complexity index is 837. The molecule has 6 nitrogen and oxygen atoms in total. The van der Waals surface area contributed by atoms with Gasteiger partial charge in [0.1, 0.15) is 12.4 Å². The molecule has 0 radical (unpaired) electrons. The molecule has 1 aliphatic rings. The van der Waals surface area contributed by atoms with Crippen LogP contribution >= 0.6 is 23.4 Å². The zero-order valence-corrected chi connectivity index (χ0v) is 15.7. The molecule has 3 rings (SSSR count). The summed E-state index contributed by atoms with van der Waals surface area (Å²) in [6.45, 7) is 0.296. The molecule has 0 N–H and O–H groups in total. The van der Waals surface area contributed by atoms with Crippen LogP contribution in [0.25, 0.3) is 0 Å². The molecule has 1 fully saturated rings. The largest absolute Gasteiger partial charge is 0.484 e. The van der Waals surface area contributed by atoms with E-state index in [1.54, 1.807) is 6.07 Å². The highest BCUT2D eigenvalue weighted by molar-refractivity contribution is 7.99. The average molecular weight is 388 g/mol. The molecule has 1 aromatic heterocycles. The normalized spacial score (nSPS) is 14.4. The molecule has 1 saturated carbocycles. The Morgan fingerprint density at radius 2 is 2.12 bits per heavy atom. The fraction of sp³-hybridized carbons (Fsp3) is 0.444. The van der Waals surface area contributed by atoms with E-state index in [4.69, 9.17) is 21.6 Å². The Morgan fingerprint density at radius 3 is 2.81 bits per heavy atom. The molecule has 0 amide bonds. The Kier molecular flexibility index (Phi) is 6.38. The first kappa shape index (κ1) is 18.6. The maximum Gasteiger partial charge on any atom is 0.191 e. The summed E-state index contributed by atoms with van der Waals surface area (Å²) >= 11 is 7.65. The quantitative estimate of drug-likeness (QED) is 0.593. The number of nitriles is 2. The smallest absolute Gasteiger partial charge is 0.191 e. The standard InChI is InChI=1S/C18H18ClN5OS/c19-15-5-1-2-6-16(15)25-11-17-22-23-18(24(17)14-7-8-14)26-12-13(10-21)4-3-9-20/h1-2,5-6,13-14H,3-4,7-8,11-12H2/t13-/m1/s1. The second kappa shape index (κ2) is 8.93.